The quantitative estimate of drug-likeness (QED) is 0.783. The third-order valence-electron chi connectivity index (χ3n) is 4.25. The van der Waals surface area contributed by atoms with Gasteiger partial charge in [0.1, 0.15) is 0 Å². The summed E-state index contributed by atoms with van der Waals surface area (Å²) in [5.41, 5.74) is 0. The summed E-state index contributed by atoms with van der Waals surface area (Å²) in [5.74, 6) is 1.58. The zero-order valence-electron chi connectivity index (χ0n) is 10.9. The van der Waals surface area contributed by atoms with Gasteiger partial charge in [-0.15, -0.1) is 0 Å². The van der Waals surface area contributed by atoms with E-state index in [9.17, 15) is 0 Å². The number of rotatable bonds is 4. The van der Waals surface area contributed by atoms with Crippen molar-refractivity contribution in [3.05, 3.63) is 0 Å². The number of likely N-dealkylation sites (N-methyl/N-ethyl adjacent to an activating group) is 1. The van der Waals surface area contributed by atoms with E-state index in [2.05, 4.69) is 31.1 Å². The highest BCUT2D eigenvalue weighted by atomic mass is 16.5. The normalized spacial score (nSPS) is 38.1. The molecular formula is C13H26N2O. The van der Waals surface area contributed by atoms with E-state index in [0.717, 1.165) is 25.2 Å². The predicted molar refractivity (Wildman–Crippen MR) is 66.6 cm³/mol. The Morgan fingerprint density at radius 1 is 1.44 bits per heavy atom. The number of nitrogens with one attached hydrogen (secondary N) is 1. The summed E-state index contributed by atoms with van der Waals surface area (Å²) in [6, 6.07) is 1.36. The number of ether oxygens (including phenoxy) is 1. The number of hydrogen-bond acceptors (Lipinski definition) is 3. The second kappa shape index (κ2) is 5.48. The van der Waals surface area contributed by atoms with E-state index < -0.39 is 0 Å². The molecule has 4 atom stereocenters. The van der Waals surface area contributed by atoms with Gasteiger partial charge in [-0.25, -0.2) is 0 Å². The van der Waals surface area contributed by atoms with Crippen molar-refractivity contribution in [3.63, 3.8) is 0 Å². The first kappa shape index (κ1) is 12.3. The van der Waals surface area contributed by atoms with Gasteiger partial charge < -0.3 is 10.1 Å². The van der Waals surface area contributed by atoms with Crippen LogP contribution in [0.15, 0.2) is 0 Å². The molecule has 2 fully saturated rings. The van der Waals surface area contributed by atoms with Crippen LogP contribution in [0.3, 0.4) is 0 Å². The van der Waals surface area contributed by atoms with Gasteiger partial charge >= 0.3 is 0 Å². The molecule has 2 aliphatic heterocycles. The average Bonchev–Trinajstić information content (AvgIpc) is 2.85. The van der Waals surface area contributed by atoms with Gasteiger partial charge in [-0.1, -0.05) is 6.92 Å². The van der Waals surface area contributed by atoms with E-state index in [1.807, 2.05) is 0 Å². The minimum atomic E-state index is 0.607. The highest BCUT2D eigenvalue weighted by molar-refractivity contribution is 4.87. The van der Waals surface area contributed by atoms with Crippen molar-refractivity contribution in [2.75, 3.05) is 33.4 Å². The standard InChI is InChI=1S/C13H26N2O/c1-10-6-11(2)15(7-10)8-13(14-3)12-4-5-16-9-12/h10-14H,4-9H2,1-3H3. The molecule has 16 heavy (non-hydrogen) atoms. The van der Waals surface area contributed by atoms with Gasteiger partial charge in [0, 0.05) is 37.7 Å². The fourth-order valence-electron chi connectivity index (χ4n) is 3.24. The highest BCUT2D eigenvalue weighted by Gasteiger charge is 2.31. The molecule has 0 aromatic rings. The Bertz CT molecular complexity index is 216. The van der Waals surface area contributed by atoms with Crippen LogP contribution in [0, 0.1) is 11.8 Å². The van der Waals surface area contributed by atoms with Crippen LogP contribution < -0.4 is 5.32 Å². The molecule has 3 nitrogen and oxygen atoms in total. The monoisotopic (exact) mass is 226 g/mol. The predicted octanol–water partition coefficient (Wildman–Crippen LogP) is 1.34. The Morgan fingerprint density at radius 2 is 2.25 bits per heavy atom. The van der Waals surface area contributed by atoms with Crippen LogP contribution in [0.4, 0.5) is 0 Å². The SMILES string of the molecule is CNC(CN1CC(C)CC1C)C1CCOC1. The summed E-state index contributed by atoms with van der Waals surface area (Å²) in [7, 11) is 2.09. The van der Waals surface area contributed by atoms with Crippen molar-refractivity contribution in [2.45, 2.75) is 38.8 Å². The van der Waals surface area contributed by atoms with Crippen molar-refractivity contribution >= 4 is 0 Å². The summed E-state index contributed by atoms with van der Waals surface area (Å²) in [6.07, 6.45) is 2.58. The van der Waals surface area contributed by atoms with Gasteiger partial charge in [0.2, 0.25) is 0 Å². The molecule has 0 amide bonds. The number of hydrogen-bond donors (Lipinski definition) is 1. The van der Waals surface area contributed by atoms with E-state index in [-0.39, 0.29) is 0 Å². The van der Waals surface area contributed by atoms with Crippen LogP contribution in [0.1, 0.15) is 26.7 Å². The Morgan fingerprint density at radius 3 is 2.75 bits per heavy atom. The summed E-state index contributed by atoms with van der Waals surface area (Å²) in [6.45, 7) is 9.09. The Hall–Kier alpha value is -0.120. The smallest absolute Gasteiger partial charge is 0.0510 e. The van der Waals surface area contributed by atoms with Gasteiger partial charge in [-0.05, 0) is 32.7 Å². The summed E-state index contributed by atoms with van der Waals surface area (Å²) >= 11 is 0. The maximum atomic E-state index is 5.49. The lowest BCUT2D eigenvalue weighted by atomic mass is 9.98. The molecule has 94 valence electrons. The Kier molecular flexibility index (Phi) is 4.22. The maximum Gasteiger partial charge on any atom is 0.0510 e. The van der Waals surface area contributed by atoms with Crippen LogP contribution in [0.25, 0.3) is 0 Å². The summed E-state index contributed by atoms with van der Waals surface area (Å²) in [4.78, 5) is 2.64. The van der Waals surface area contributed by atoms with Crippen LogP contribution in [-0.4, -0.2) is 50.3 Å². The van der Waals surface area contributed by atoms with E-state index in [1.54, 1.807) is 0 Å². The lowest BCUT2D eigenvalue weighted by Gasteiger charge is -2.29. The van der Waals surface area contributed by atoms with Gasteiger partial charge in [0.25, 0.3) is 0 Å². The molecule has 1 N–H and O–H groups in total. The van der Waals surface area contributed by atoms with Gasteiger partial charge in [-0.3, -0.25) is 4.90 Å². The fourth-order valence-corrected chi connectivity index (χ4v) is 3.24. The van der Waals surface area contributed by atoms with E-state index in [1.165, 1.54) is 25.9 Å². The second-order valence-electron chi connectivity index (χ2n) is 5.66. The molecular weight excluding hydrogens is 200 g/mol. The Labute approximate surface area is 99.5 Å². The summed E-state index contributed by atoms with van der Waals surface area (Å²) in [5, 5.41) is 3.48. The van der Waals surface area contributed by atoms with Gasteiger partial charge in [-0.2, -0.15) is 0 Å². The molecule has 0 aliphatic carbocycles. The van der Waals surface area contributed by atoms with Crippen molar-refractivity contribution < 1.29 is 4.74 Å². The van der Waals surface area contributed by atoms with Gasteiger partial charge in [0.15, 0.2) is 0 Å². The van der Waals surface area contributed by atoms with Crippen LogP contribution >= 0.6 is 0 Å². The van der Waals surface area contributed by atoms with Crippen LogP contribution in [0.5, 0.6) is 0 Å². The molecule has 0 aromatic heterocycles. The maximum absolute atomic E-state index is 5.49. The highest BCUT2D eigenvalue weighted by Crippen LogP contribution is 2.25. The molecule has 0 saturated carbocycles. The van der Waals surface area contributed by atoms with Crippen molar-refractivity contribution in [2.24, 2.45) is 11.8 Å². The Balaban J connectivity index is 1.86. The topological polar surface area (TPSA) is 24.5 Å². The molecule has 2 heterocycles. The van der Waals surface area contributed by atoms with Crippen molar-refractivity contribution in [3.8, 4) is 0 Å². The molecule has 2 aliphatic rings. The second-order valence-corrected chi connectivity index (χ2v) is 5.66. The molecule has 2 saturated heterocycles. The average molecular weight is 226 g/mol. The van der Waals surface area contributed by atoms with E-state index in [0.29, 0.717) is 12.0 Å². The molecule has 0 radical (unpaired) electrons. The molecule has 0 spiro atoms. The largest absolute Gasteiger partial charge is 0.381 e. The van der Waals surface area contributed by atoms with Crippen molar-refractivity contribution in [1.29, 1.82) is 0 Å². The molecule has 2 rings (SSSR count). The van der Waals surface area contributed by atoms with Crippen LogP contribution in [0.2, 0.25) is 0 Å². The van der Waals surface area contributed by atoms with Crippen molar-refractivity contribution in [1.82, 2.24) is 10.2 Å². The number of nitrogens with zero attached hydrogens (tertiary/aromatic N) is 1. The number of likely N-dealkylation sites (tertiary alicyclic amines) is 1. The van der Waals surface area contributed by atoms with E-state index in [4.69, 9.17) is 4.74 Å². The molecule has 0 bridgehead atoms. The van der Waals surface area contributed by atoms with E-state index >= 15 is 0 Å². The molecule has 4 unspecified atom stereocenters. The lowest BCUT2D eigenvalue weighted by molar-refractivity contribution is 0.160. The molecule has 3 heteroatoms. The minimum Gasteiger partial charge on any atom is -0.381 e. The fraction of sp³-hybridized carbons (Fsp3) is 1.00. The van der Waals surface area contributed by atoms with Gasteiger partial charge in [0.05, 0.1) is 6.61 Å². The third kappa shape index (κ3) is 2.76. The van der Waals surface area contributed by atoms with Crippen LogP contribution in [-0.2, 0) is 4.74 Å². The molecule has 0 aromatic carbocycles. The minimum absolute atomic E-state index is 0.607. The first-order chi connectivity index (χ1) is 7.70. The zero-order valence-corrected chi connectivity index (χ0v) is 10.9. The lowest BCUT2D eigenvalue weighted by Crippen LogP contribution is -2.45. The third-order valence-corrected chi connectivity index (χ3v) is 4.25. The summed E-state index contributed by atoms with van der Waals surface area (Å²) < 4.78 is 5.49. The first-order valence-electron chi connectivity index (χ1n) is 6.69. The zero-order chi connectivity index (χ0) is 11.5. The first-order valence-corrected chi connectivity index (χ1v) is 6.69.